The predicted octanol–water partition coefficient (Wildman–Crippen LogP) is 5.00. The summed E-state index contributed by atoms with van der Waals surface area (Å²) in [5, 5.41) is 4.86. The number of amides is 1. The molecule has 0 bridgehead atoms. The van der Waals surface area contributed by atoms with Crippen molar-refractivity contribution in [3.8, 4) is 5.75 Å². The predicted molar refractivity (Wildman–Crippen MR) is 134 cm³/mol. The Labute approximate surface area is 198 Å². The first-order valence-electron chi connectivity index (χ1n) is 11.1. The highest BCUT2D eigenvalue weighted by Crippen LogP contribution is 2.32. The third-order valence-corrected chi connectivity index (χ3v) is 7.74. The lowest BCUT2D eigenvalue weighted by Gasteiger charge is -2.30. The van der Waals surface area contributed by atoms with Crippen LogP contribution in [0.4, 0.5) is 11.4 Å². The molecular weight excluding hydrogens is 448 g/mol. The SMILES string of the molecule is O=C(COc1ccc(S(=O)(=O)N2CCCc3ccccc32)cc1)Nc1cccc2ccccc12. The second-order valence-electron chi connectivity index (χ2n) is 8.14. The minimum Gasteiger partial charge on any atom is -0.484 e. The van der Waals surface area contributed by atoms with E-state index in [0.717, 1.165) is 40.6 Å². The number of sulfonamides is 1. The van der Waals surface area contributed by atoms with Gasteiger partial charge >= 0.3 is 0 Å². The summed E-state index contributed by atoms with van der Waals surface area (Å²) in [4.78, 5) is 12.6. The van der Waals surface area contributed by atoms with E-state index in [2.05, 4.69) is 5.32 Å². The molecule has 6 nitrogen and oxygen atoms in total. The second kappa shape index (κ2) is 9.19. The summed E-state index contributed by atoms with van der Waals surface area (Å²) >= 11 is 0. The Balaban J connectivity index is 1.25. The molecule has 0 saturated carbocycles. The molecule has 0 aromatic heterocycles. The third kappa shape index (κ3) is 4.34. The molecule has 0 aliphatic carbocycles. The Morgan fingerprint density at radius 3 is 2.47 bits per heavy atom. The monoisotopic (exact) mass is 472 g/mol. The van der Waals surface area contributed by atoms with Gasteiger partial charge in [0, 0.05) is 17.6 Å². The Hall–Kier alpha value is -3.84. The van der Waals surface area contributed by atoms with Gasteiger partial charge in [0.05, 0.1) is 10.6 Å². The molecule has 0 spiro atoms. The van der Waals surface area contributed by atoms with Crippen LogP contribution in [0.25, 0.3) is 10.8 Å². The van der Waals surface area contributed by atoms with Crippen LogP contribution in [0.3, 0.4) is 0 Å². The zero-order valence-corrected chi connectivity index (χ0v) is 19.3. The maximum Gasteiger partial charge on any atom is 0.264 e. The van der Waals surface area contributed by atoms with Crippen molar-refractivity contribution in [3.05, 3.63) is 96.6 Å². The number of para-hydroxylation sites is 1. The Morgan fingerprint density at radius 2 is 1.62 bits per heavy atom. The van der Waals surface area contributed by atoms with Gasteiger partial charge in [-0.1, -0.05) is 54.6 Å². The van der Waals surface area contributed by atoms with Crippen LogP contribution in [0, 0.1) is 0 Å². The fraction of sp³-hybridized carbons (Fsp3) is 0.148. The number of nitrogens with zero attached hydrogens (tertiary/aromatic N) is 1. The van der Waals surface area contributed by atoms with Crippen LogP contribution in [0.1, 0.15) is 12.0 Å². The number of benzene rings is 4. The Bertz CT molecular complexity index is 1440. The summed E-state index contributed by atoms with van der Waals surface area (Å²) in [6.45, 7) is 0.265. The lowest BCUT2D eigenvalue weighted by Crippen LogP contribution is -2.35. The molecule has 7 heteroatoms. The molecular formula is C27H24N2O4S. The molecule has 172 valence electrons. The van der Waals surface area contributed by atoms with E-state index in [1.54, 1.807) is 12.1 Å². The topological polar surface area (TPSA) is 75.7 Å². The van der Waals surface area contributed by atoms with E-state index < -0.39 is 10.0 Å². The van der Waals surface area contributed by atoms with Crippen LogP contribution in [0.15, 0.2) is 95.9 Å². The van der Waals surface area contributed by atoms with Crippen LogP contribution in [-0.4, -0.2) is 27.5 Å². The number of fused-ring (bicyclic) bond motifs is 2. The van der Waals surface area contributed by atoms with Gasteiger partial charge in [-0.15, -0.1) is 0 Å². The zero-order valence-electron chi connectivity index (χ0n) is 18.5. The van der Waals surface area contributed by atoms with Crippen LogP contribution in [-0.2, 0) is 21.2 Å². The van der Waals surface area contributed by atoms with Crippen LogP contribution in [0.2, 0.25) is 0 Å². The summed E-state index contributed by atoms with van der Waals surface area (Å²) in [5.74, 6) is 0.129. The first-order chi connectivity index (χ1) is 16.5. The van der Waals surface area contributed by atoms with Gasteiger partial charge in [-0.05, 0) is 60.2 Å². The summed E-state index contributed by atoms with van der Waals surface area (Å²) in [6.07, 6.45) is 1.65. The second-order valence-corrected chi connectivity index (χ2v) is 10.0. The average molecular weight is 473 g/mol. The van der Waals surface area contributed by atoms with E-state index in [0.29, 0.717) is 12.3 Å². The van der Waals surface area contributed by atoms with Gasteiger partial charge < -0.3 is 10.1 Å². The maximum absolute atomic E-state index is 13.3. The highest BCUT2D eigenvalue weighted by atomic mass is 32.2. The van der Waals surface area contributed by atoms with Gasteiger partial charge in [-0.3, -0.25) is 9.10 Å². The largest absolute Gasteiger partial charge is 0.484 e. The fourth-order valence-corrected chi connectivity index (χ4v) is 5.79. The molecule has 1 N–H and O–H groups in total. The highest BCUT2D eigenvalue weighted by molar-refractivity contribution is 7.92. The van der Waals surface area contributed by atoms with Crippen molar-refractivity contribution in [2.45, 2.75) is 17.7 Å². The summed E-state index contributed by atoms with van der Waals surface area (Å²) in [6, 6.07) is 27.3. The van der Waals surface area contributed by atoms with Crippen molar-refractivity contribution in [2.24, 2.45) is 0 Å². The molecule has 0 fully saturated rings. The molecule has 0 radical (unpaired) electrons. The van der Waals surface area contributed by atoms with E-state index in [1.807, 2.05) is 66.7 Å². The molecule has 1 amide bonds. The average Bonchev–Trinajstić information content (AvgIpc) is 2.87. The maximum atomic E-state index is 13.3. The van der Waals surface area contributed by atoms with Crippen LogP contribution >= 0.6 is 0 Å². The van der Waals surface area contributed by atoms with Gasteiger partial charge in [0.25, 0.3) is 15.9 Å². The van der Waals surface area contributed by atoms with Crippen molar-refractivity contribution >= 4 is 38.1 Å². The van der Waals surface area contributed by atoms with Crippen LogP contribution in [0.5, 0.6) is 5.75 Å². The van der Waals surface area contributed by atoms with Gasteiger partial charge in [0.2, 0.25) is 0 Å². The summed E-state index contributed by atoms with van der Waals surface area (Å²) in [5.41, 5.74) is 2.49. The molecule has 34 heavy (non-hydrogen) atoms. The molecule has 5 rings (SSSR count). The number of carbonyl (C=O) groups is 1. The zero-order chi connectivity index (χ0) is 23.5. The molecule has 0 atom stereocenters. The number of hydrogen-bond donors (Lipinski definition) is 1. The molecule has 1 aliphatic heterocycles. The fourth-order valence-electron chi connectivity index (χ4n) is 4.25. The number of nitrogens with one attached hydrogen (secondary N) is 1. The number of hydrogen-bond acceptors (Lipinski definition) is 4. The van der Waals surface area contributed by atoms with E-state index in [9.17, 15) is 13.2 Å². The van der Waals surface area contributed by atoms with E-state index >= 15 is 0 Å². The van der Waals surface area contributed by atoms with E-state index in [-0.39, 0.29) is 17.4 Å². The molecule has 1 heterocycles. The molecule has 4 aromatic carbocycles. The van der Waals surface area contributed by atoms with E-state index in [4.69, 9.17) is 4.74 Å². The number of carbonyl (C=O) groups excluding carboxylic acids is 1. The molecule has 4 aromatic rings. The van der Waals surface area contributed by atoms with Crippen molar-refractivity contribution in [1.29, 1.82) is 0 Å². The quantitative estimate of drug-likeness (QED) is 0.429. The third-order valence-electron chi connectivity index (χ3n) is 5.91. The van der Waals surface area contributed by atoms with Gasteiger partial charge in [-0.25, -0.2) is 8.42 Å². The lowest BCUT2D eigenvalue weighted by molar-refractivity contribution is -0.118. The number of aryl methyl sites for hydroxylation is 1. The van der Waals surface area contributed by atoms with Crippen molar-refractivity contribution in [3.63, 3.8) is 0 Å². The normalized spacial score (nSPS) is 13.4. The number of ether oxygens (including phenoxy) is 1. The molecule has 0 saturated heterocycles. The Kier molecular flexibility index (Phi) is 5.94. The Morgan fingerprint density at radius 1 is 0.882 bits per heavy atom. The first kappa shape index (κ1) is 22.0. The number of anilines is 2. The van der Waals surface area contributed by atoms with Crippen LogP contribution < -0.4 is 14.4 Å². The van der Waals surface area contributed by atoms with Crippen molar-refractivity contribution in [2.75, 3.05) is 22.8 Å². The minimum absolute atomic E-state index is 0.186. The molecule has 0 unspecified atom stereocenters. The van der Waals surface area contributed by atoms with Gasteiger partial charge in [0.15, 0.2) is 6.61 Å². The highest BCUT2D eigenvalue weighted by Gasteiger charge is 2.28. The minimum atomic E-state index is -3.69. The summed E-state index contributed by atoms with van der Waals surface area (Å²) < 4.78 is 33.6. The standard InChI is InChI=1S/C27H24N2O4S/c30-27(28-25-12-5-9-20-7-1-3-11-24(20)25)19-33-22-14-16-23(17-15-22)34(31,32)29-18-6-10-21-8-2-4-13-26(21)29/h1-5,7-9,11-17H,6,10,18-19H2,(H,28,30). The smallest absolute Gasteiger partial charge is 0.264 e. The molecule has 1 aliphatic rings. The number of rotatable bonds is 6. The van der Waals surface area contributed by atoms with Crippen molar-refractivity contribution in [1.82, 2.24) is 0 Å². The summed E-state index contributed by atoms with van der Waals surface area (Å²) in [7, 11) is -3.69. The van der Waals surface area contributed by atoms with Crippen molar-refractivity contribution < 1.29 is 17.9 Å². The van der Waals surface area contributed by atoms with E-state index in [1.165, 1.54) is 16.4 Å². The lowest BCUT2D eigenvalue weighted by atomic mass is 10.0. The van der Waals surface area contributed by atoms with Gasteiger partial charge in [0.1, 0.15) is 5.75 Å². The van der Waals surface area contributed by atoms with Gasteiger partial charge in [-0.2, -0.15) is 0 Å². The first-order valence-corrected chi connectivity index (χ1v) is 12.6.